The number of carbonyl (C=O) groups is 1. The second-order valence-corrected chi connectivity index (χ2v) is 7.57. The van der Waals surface area contributed by atoms with Gasteiger partial charge >= 0.3 is 0 Å². The summed E-state index contributed by atoms with van der Waals surface area (Å²) >= 11 is 39.1. The number of hydrogen-bond acceptors (Lipinski definition) is 2. The third-order valence-corrected chi connectivity index (χ3v) is 5.77. The molecule has 2 rings (SSSR count). The molecule has 24 heavy (non-hydrogen) atoms. The summed E-state index contributed by atoms with van der Waals surface area (Å²) in [6.07, 6.45) is 0. The van der Waals surface area contributed by atoms with Gasteiger partial charge in [-0.05, 0) is 18.2 Å². The number of hydrogen-bond donors (Lipinski definition) is 1. The summed E-state index contributed by atoms with van der Waals surface area (Å²) in [5.41, 5.74) is 0.429. The highest BCUT2D eigenvalue weighted by atomic mass is 79.9. The van der Waals surface area contributed by atoms with E-state index >= 15 is 0 Å². The first kappa shape index (κ1) is 20.2. The lowest BCUT2D eigenvalue weighted by Crippen LogP contribution is -2.20. The zero-order chi connectivity index (χ0) is 18.0. The van der Waals surface area contributed by atoms with Gasteiger partial charge in [-0.15, -0.1) is 0 Å². The molecule has 128 valence electrons. The topological polar surface area (TPSA) is 38.3 Å². The number of carbonyl (C=O) groups excluding carboxylic acids is 1. The van der Waals surface area contributed by atoms with E-state index in [-0.39, 0.29) is 37.5 Å². The fourth-order valence-corrected chi connectivity index (χ4v) is 3.58. The molecule has 0 saturated carbocycles. The molecule has 2 aromatic carbocycles. The first-order chi connectivity index (χ1) is 11.2. The Bertz CT molecular complexity index is 785. The Hall–Kier alpha value is -0.0700. The summed E-state index contributed by atoms with van der Waals surface area (Å²) in [7, 11) is 0. The van der Waals surface area contributed by atoms with Crippen molar-refractivity contribution in [2.45, 2.75) is 0 Å². The third kappa shape index (κ3) is 4.55. The normalized spacial score (nSPS) is 10.6. The lowest BCUT2D eigenvalue weighted by Gasteiger charge is -2.14. The minimum atomic E-state index is -0.478. The molecule has 0 radical (unpaired) electrons. The molecule has 0 aliphatic rings. The van der Waals surface area contributed by atoms with Crippen LogP contribution in [0.5, 0.6) is 5.75 Å². The molecule has 0 heterocycles. The van der Waals surface area contributed by atoms with Crippen molar-refractivity contribution >= 4 is 97.1 Å². The fourth-order valence-electron chi connectivity index (χ4n) is 1.63. The Morgan fingerprint density at radius 1 is 0.958 bits per heavy atom. The quantitative estimate of drug-likeness (QED) is 0.343. The number of halogens is 7. The van der Waals surface area contributed by atoms with Crippen LogP contribution in [0.2, 0.25) is 30.1 Å². The van der Waals surface area contributed by atoms with Gasteiger partial charge in [0, 0.05) is 4.47 Å². The molecule has 0 unspecified atom stereocenters. The largest absolute Gasteiger partial charge is 0.481 e. The number of ether oxygens (including phenoxy) is 1. The third-order valence-electron chi connectivity index (χ3n) is 2.72. The van der Waals surface area contributed by atoms with Gasteiger partial charge < -0.3 is 10.1 Å². The van der Waals surface area contributed by atoms with Gasteiger partial charge in [-0.2, -0.15) is 0 Å². The van der Waals surface area contributed by atoms with Crippen molar-refractivity contribution in [2.24, 2.45) is 0 Å². The number of anilines is 1. The highest BCUT2D eigenvalue weighted by molar-refractivity contribution is 9.10. The standard InChI is InChI=1S/C14H6BrCl6NO2/c15-5-1-2-7(6(16)3-5)22-8(23)4-24-14-12(20)10(18)9(17)11(19)13(14)21/h1-3H,4H2,(H,22,23). The van der Waals surface area contributed by atoms with Crippen molar-refractivity contribution in [3.8, 4) is 5.75 Å². The van der Waals surface area contributed by atoms with Crippen molar-refractivity contribution in [3.63, 3.8) is 0 Å². The molecule has 0 atom stereocenters. The van der Waals surface area contributed by atoms with Crippen LogP contribution in [0.25, 0.3) is 0 Å². The summed E-state index contributed by atoms with van der Waals surface area (Å²) in [5.74, 6) is -0.511. The molecule has 0 aromatic heterocycles. The van der Waals surface area contributed by atoms with Crippen molar-refractivity contribution in [1.82, 2.24) is 0 Å². The molecule has 0 saturated heterocycles. The molecule has 2 aromatic rings. The maximum absolute atomic E-state index is 12.0. The smallest absolute Gasteiger partial charge is 0.262 e. The molecule has 0 bridgehead atoms. The minimum Gasteiger partial charge on any atom is -0.481 e. The molecule has 1 amide bonds. The van der Waals surface area contributed by atoms with E-state index in [0.717, 1.165) is 4.47 Å². The van der Waals surface area contributed by atoms with Crippen molar-refractivity contribution in [3.05, 3.63) is 52.8 Å². The highest BCUT2D eigenvalue weighted by Gasteiger charge is 2.21. The molecular formula is C14H6BrCl6NO2. The molecule has 10 heteroatoms. The Morgan fingerprint density at radius 2 is 1.50 bits per heavy atom. The van der Waals surface area contributed by atoms with Crippen LogP contribution in [-0.2, 0) is 4.79 Å². The Balaban J connectivity index is 2.12. The SMILES string of the molecule is O=C(COc1c(Cl)c(Cl)c(Cl)c(Cl)c1Cl)Nc1ccc(Br)cc1Cl. The minimum absolute atomic E-state index is 0.00628. The van der Waals surface area contributed by atoms with Crippen LogP contribution in [0.4, 0.5) is 5.69 Å². The zero-order valence-corrected chi connectivity index (χ0v) is 17.5. The van der Waals surface area contributed by atoms with Gasteiger partial charge in [0.1, 0.15) is 10.0 Å². The second kappa shape index (κ2) is 8.54. The first-order valence-corrected chi connectivity index (χ1v) is 9.17. The molecule has 0 spiro atoms. The maximum atomic E-state index is 12.0. The van der Waals surface area contributed by atoms with Crippen LogP contribution in [0.15, 0.2) is 22.7 Å². The molecular weight excluding hydrogens is 507 g/mol. The maximum Gasteiger partial charge on any atom is 0.262 e. The van der Waals surface area contributed by atoms with Gasteiger partial charge in [-0.3, -0.25) is 4.79 Å². The van der Waals surface area contributed by atoms with Crippen LogP contribution < -0.4 is 10.1 Å². The van der Waals surface area contributed by atoms with Crippen molar-refractivity contribution in [2.75, 3.05) is 11.9 Å². The van der Waals surface area contributed by atoms with Crippen LogP contribution in [0.3, 0.4) is 0 Å². The summed E-state index contributed by atoms with van der Waals surface area (Å²) < 4.78 is 6.11. The molecule has 0 fully saturated rings. The van der Waals surface area contributed by atoms with Crippen molar-refractivity contribution in [1.29, 1.82) is 0 Å². The second-order valence-electron chi connectivity index (χ2n) is 4.36. The monoisotopic (exact) mass is 509 g/mol. The van der Waals surface area contributed by atoms with Gasteiger partial charge in [-0.25, -0.2) is 0 Å². The summed E-state index contributed by atoms with van der Waals surface area (Å²) in [6, 6.07) is 5.01. The van der Waals surface area contributed by atoms with E-state index in [2.05, 4.69) is 21.2 Å². The molecule has 3 nitrogen and oxygen atoms in total. The average molecular weight is 513 g/mol. The predicted molar refractivity (Wildman–Crippen MR) is 105 cm³/mol. The van der Waals surface area contributed by atoms with Crippen LogP contribution in [-0.4, -0.2) is 12.5 Å². The fraction of sp³-hybridized carbons (Fsp3) is 0.0714. The van der Waals surface area contributed by atoms with Gasteiger partial charge in [0.25, 0.3) is 5.91 Å². The van der Waals surface area contributed by atoms with E-state index in [1.165, 1.54) is 0 Å². The van der Waals surface area contributed by atoms with Crippen LogP contribution in [0.1, 0.15) is 0 Å². The van der Waals surface area contributed by atoms with E-state index < -0.39 is 5.91 Å². The Morgan fingerprint density at radius 3 is 2.04 bits per heavy atom. The number of nitrogens with one attached hydrogen (secondary N) is 1. The Kier molecular flexibility index (Phi) is 7.21. The summed E-state index contributed by atoms with van der Waals surface area (Å²) in [6.45, 7) is -0.389. The Labute approximate surface area is 176 Å². The van der Waals surface area contributed by atoms with Gasteiger partial charge in [-0.1, -0.05) is 85.5 Å². The van der Waals surface area contributed by atoms with E-state index in [1.807, 2.05) is 0 Å². The number of benzene rings is 2. The molecule has 0 aliphatic carbocycles. The predicted octanol–water partition coefficient (Wildman–Crippen LogP) is 7.39. The zero-order valence-electron chi connectivity index (χ0n) is 11.4. The lowest BCUT2D eigenvalue weighted by molar-refractivity contribution is -0.118. The lowest BCUT2D eigenvalue weighted by atomic mass is 10.3. The van der Waals surface area contributed by atoms with Crippen LogP contribution >= 0.6 is 85.5 Å². The average Bonchev–Trinajstić information content (AvgIpc) is 2.53. The molecule has 0 aliphatic heterocycles. The molecule has 1 N–H and O–H groups in total. The highest BCUT2D eigenvalue weighted by Crippen LogP contribution is 2.48. The number of amides is 1. The van der Waals surface area contributed by atoms with E-state index in [1.54, 1.807) is 18.2 Å². The van der Waals surface area contributed by atoms with Gasteiger partial charge in [0.2, 0.25) is 0 Å². The van der Waals surface area contributed by atoms with E-state index in [4.69, 9.17) is 74.3 Å². The first-order valence-electron chi connectivity index (χ1n) is 6.11. The summed E-state index contributed by atoms with van der Waals surface area (Å²) in [5, 5.41) is 2.86. The van der Waals surface area contributed by atoms with Gasteiger partial charge in [0.15, 0.2) is 12.4 Å². The van der Waals surface area contributed by atoms with Gasteiger partial charge in [0.05, 0.1) is 25.8 Å². The number of rotatable bonds is 4. The van der Waals surface area contributed by atoms with Crippen LogP contribution in [0, 0.1) is 0 Å². The summed E-state index contributed by atoms with van der Waals surface area (Å²) in [4.78, 5) is 12.0. The van der Waals surface area contributed by atoms with Crippen molar-refractivity contribution < 1.29 is 9.53 Å². The van der Waals surface area contributed by atoms with E-state index in [0.29, 0.717) is 10.7 Å². The van der Waals surface area contributed by atoms with E-state index in [9.17, 15) is 4.79 Å².